The van der Waals surface area contributed by atoms with E-state index < -0.39 is 0 Å². The van der Waals surface area contributed by atoms with Crippen LogP contribution in [0.15, 0.2) is 0 Å². The maximum absolute atomic E-state index is 3.44. The molecule has 0 aliphatic rings. The summed E-state index contributed by atoms with van der Waals surface area (Å²) in [5.41, 5.74) is 0. The lowest BCUT2D eigenvalue weighted by Crippen LogP contribution is -1.78. The average molecular weight is 273 g/mol. The molecule has 0 amide bonds. The van der Waals surface area contributed by atoms with Gasteiger partial charge in [0.1, 0.15) is 0 Å². The molecule has 15 heavy (non-hydrogen) atoms. The molecular formula is C14H25Br. The van der Waals surface area contributed by atoms with Crippen LogP contribution in [0.3, 0.4) is 0 Å². The Hall–Kier alpha value is 0.0400. The number of halogens is 1. The fraction of sp³-hybridized carbons (Fsp3) is 0.857. The fourth-order valence-corrected chi connectivity index (χ4v) is 1.87. The van der Waals surface area contributed by atoms with E-state index in [1.54, 1.807) is 0 Å². The zero-order valence-electron chi connectivity index (χ0n) is 10.2. The number of rotatable bonds is 9. The molecule has 0 rings (SSSR count). The Morgan fingerprint density at radius 2 is 1.27 bits per heavy atom. The van der Waals surface area contributed by atoms with Crippen molar-refractivity contribution in [3.8, 4) is 11.8 Å². The Balaban J connectivity index is 3.03. The molecule has 0 aliphatic carbocycles. The van der Waals surface area contributed by atoms with Gasteiger partial charge in [-0.2, -0.15) is 0 Å². The maximum atomic E-state index is 3.44. The molecule has 0 aromatic heterocycles. The normalized spacial score (nSPS) is 9.73. The molecule has 0 aliphatic heterocycles. The van der Waals surface area contributed by atoms with Crippen LogP contribution in [-0.4, -0.2) is 5.33 Å². The third-order valence-corrected chi connectivity index (χ3v) is 3.03. The molecule has 0 saturated carbocycles. The summed E-state index contributed by atoms with van der Waals surface area (Å²) in [6.07, 6.45) is 12.9. The highest BCUT2D eigenvalue weighted by Gasteiger charge is 1.86. The van der Waals surface area contributed by atoms with Crippen LogP contribution in [-0.2, 0) is 0 Å². The molecule has 0 nitrogen and oxygen atoms in total. The van der Waals surface area contributed by atoms with Gasteiger partial charge in [0.15, 0.2) is 0 Å². The minimum atomic E-state index is 1.10. The van der Waals surface area contributed by atoms with E-state index in [0.29, 0.717) is 0 Å². The molecule has 88 valence electrons. The van der Waals surface area contributed by atoms with E-state index in [9.17, 15) is 0 Å². The highest BCUT2D eigenvalue weighted by Crippen LogP contribution is 2.04. The average Bonchev–Trinajstić information content (AvgIpc) is 2.26. The van der Waals surface area contributed by atoms with Crippen molar-refractivity contribution in [2.45, 2.75) is 71.1 Å². The van der Waals surface area contributed by atoms with Gasteiger partial charge in [0.2, 0.25) is 0 Å². The lowest BCUT2D eigenvalue weighted by atomic mass is 10.1. The minimum Gasteiger partial charge on any atom is -0.103 e. The Morgan fingerprint density at radius 3 is 1.80 bits per heavy atom. The first kappa shape index (κ1) is 15.0. The summed E-state index contributed by atoms with van der Waals surface area (Å²) in [4.78, 5) is 0. The maximum Gasteiger partial charge on any atom is 0.00886 e. The van der Waals surface area contributed by atoms with Crippen molar-refractivity contribution in [1.29, 1.82) is 0 Å². The highest BCUT2D eigenvalue weighted by atomic mass is 79.9. The fourth-order valence-electron chi connectivity index (χ4n) is 1.48. The van der Waals surface area contributed by atoms with Crippen molar-refractivity contribution in [2.24, 2.45) is 0 Å². The summed E-state index contributed by atoms with van der Waals surface area (Å²) >= 11 is 3.44. The van der Waals surface area contributed by atoms with Crippen LogP contribution >= 0.6 is 15.9 Å². The first-order valence-electron chi connectivity index (χ1n) is 6.43. The standard InChI is InChI=1S/C14H25Br/c1-2-3-4-5-6-7-8-9-10-11-12-13-14-15/h2-7,10-14H2,1H3. The van der Waals surface area contributed by atoms with Crippen LogP contribution in [0.4, 0.5) is 0 Å². The van der Waals surface area contributed by atoms with Crippen molar-refractivity contribution in [3.63, 3.8) is 0 Å². The second kappa shape index (κ2) is 14.0. The van der Waals surface area contributed by atoms with Crippen LogP contribution in [0.5, 0.6) is 0 Å². The number of alkyl halides is 1. The largest absolute Gasteiger partial charge is 0.103 e. The topological polar surface area (TPSA) is 0 Å². The summed E-state index contributed by atoms with van der Waals surface area (Å²) in [7, 11) is 0. The van der Waals surface area contributed by atoms with E-state index in [0.717, 1.165) is 18.2 Å². The van der Waals surface area contributed by atoms with Crippen LogP contribution in [0.2, 0.25) is 0 Å². The van der Waals surface area contributed by atoms with Crippen LogP contribution in [0, 0.1) is 11.8 Å². The molecular weight excluding hydrogens is 248 g/mol. The molecule has 0 heterocycles. The van der Waals surface area contributed by atoms with E-state index in [1.165, 1.54) is 51.4 Å². The minimum absolute atomic E-state index is 1.10. The lowest BCUT2D eigenvalue weighted by molar-refractivity contribution is 0.641. The smallest absolute Gasteiger partial charge is 0.00886 e. The van der Waals surface area contributed by atoms with Crippen molar-refractivity contribution in [2.75, 3.05) is 5.33 Å². The first-order chi connectivity index (χ1) is 7.41. The summed E-state index contributed by atoms with van der Waals surface area (Å²) < 4.78 is 0. The second-order valence-electron chi connectivity index (χ2n) is 4.02. The first-order valence-corrected chi connectivity index (χ1v) is 7.55. The van der Waals surface area contributed by atoms with Gasteiger partial charge in [-0.15, -0.1) is 11.8 Å². The summed E-state index contributed by atoms with van der Waals surface area (Å²) in [6, 6.07) is 0. The molecule has 0 N–H and O–H groups in total. The molecule has 0 aromatic carbocycles. The number of unbranched alkanes of at least 4 members (excludes halogenated alkanes) is 8. The molecule has 0 saturated heterocycles. The third-order valence-electron chi connectivity index (χ3n) is 2.47. The molecule has 0 unspecified atom stereocenters. The number of hydrogen-bond acceptors (Lipinski definition) is 0. The van der Waals surface area contributed by atoms with Gasteiger partial charge < -0.3 is 0 Å². The van der Waals surface area contributed by atoms with Crippen molar-refractivity contribution < 1.29 is 0 Å². The predicted octanol–water partition coefficient (Wildman–Crippen LogP) is 5.31. The summed E-state index contributed by atoms with van der Waals surface area (Å²) in [5, 5.41) is 1.14. The summed E-state index contributed by atoms with van der Waals surface area (Å²) in [5.74, 6) is 6.55. The zero-order chi connectivity index (χ0) is 11.2. The van der Waals surface area contributed by atoms with Gasteiger partial charge in [0.05, 0.1) is 0 Å². The second-order valence-corrected chi connectivity index (χ2v) is 4.81. The van der Waals surface area contributed by atoms with Crippen molar-refractivity contribution in [1.82, 2.24) is 0 Å². The molecule has 0 fully saturated rings. The van der Waals surface area contributed by atoms with Gasteiger partial charge in [-0.3, -0.25) is 0 Å². The number of hydrogen-bond donors (Lipinski definition) is 0. The lowest BCUT2D eigenvalue weighted by Gasteiger charge is -1.94. The molecule has 0 atom stereocenters. The Bertz CT molecular complexity index is 164. The molecule has 0 bridgehead atoms. The van der Waals surface area contributed by atoms with Crippen LogP contribution in [0.1, 0.15) is 71.1 Å². The summed E-state index contributed by atoms with van der Waals surface area (Å²) in [6.45, 7) is 2.26. The molecule has 0 aromatic rings. The molecule has 0 radical (unpaired) electrons. The third kappa shape index (κ3) is 14.0. The van der Waals surface area contributed by atoms with Crippen molar-refractivity contribution >= 4 is 15.9 Å². The van der Waals surface area contributed by atoms with E-state index in [4.69, 9.17) is 0 Å². The monoisotopic (exact) mass is 272 g/mol. The highest BCUT2D eigenvalue weighted by molar-refractivity contribution is 9.09. The van der Waals surface area contributed by atoms with Crippen LogP contribution in [0.25, 0.3) is 0 Å². The molecule has 0 spiro atoms. The quantitative estimate of drug-likeness (QED) is 0.303. The van der Waals surface area contributed by atoms with E-state index in [1.807, 2.05) is 0 Å². The predicted molar refractivity (Wildman–Crippen MR) is 73.4 cm³/mol. The van der Waals surface area contributed by atoms with Gasteiger partial charge in [0, 0.05) is 18.2 Å². The van der Waals surface area contributed by atoms with E-state index in [-0.39, 0.29) is 0 Å². The van der Waals surface area contributed by atoms with E-state index >= 15 is 0 Å². The molecule has 1 heteroatoms. The van der Waals surface area contributed by atoms with Crippen LogP contribution < -0.4 is 0 Å². The van der Waals surface area contributed by atoms with Gasteiger partial charge in [-0.1, -0.05) is 55.0 Å². The zero-order valence-corrected chi connectivity index (χ0v) is 11.7. The SMILES string of the molecule is CCCCCCCC#CCCCCCBr. The van der Waals surface area contributed by atoms with E-state index in [2.05, 4.69) is 34.7 Å². The Kier molecular flexibility index (Phi) is 14.1. The van der Waals surface area contributed by atoms with Gasteiger partial charge in [-0.25, -0.2) is 0 Å². The van der Waals surface area contributed by atoms with Gasteiger partial charge in [0.25, 0.3) is 0 Å². The van der Waals surface area contributed by atoms with Crippen molar-refractivity contribution in [3.05, 3.63) is 0 Å². The Morgan fingerprint density at radius 1 is 0.733 bits per heavy atom. The van der Waals surface area contributed by atoms with Gasteiger partial charge in [-0.05, 0) is 19.3 Å². The Labute approximate surface area is 104 Å². The van der Waals surface area contributed by atoms with Gasteiger partial charge >= 0.3 is 0 Å².